The van der Waals surface area contributed by atoms with Gasteiger partial charge in [0.05, 0.1) is 19.1 Å². The van der Waals surface area contributed by atoms with Crippen molar-refractivity contribution in [1.82, 2.24) is 5.32 Å². The van der Waals surface area contributed by atoms with Crippen LogP contribution < -0.4 is 11.1 Å². The van der Waals surface area contributed by atoms with Gasteiger partial charge >= 0.3 is 5.97 Å². The fourth-order valence-electron chi connectivity index (χ4n) is 2.11. The molecule has 0 fully saturated rings. The molecule has 0 aromatic heterocycles. The summed E-state index contributed by atoms with van der Waals surface area (Å²) in [5.41, 5.74) is 5.65. The lowest BCUT2D eigenvalue weighted by molar-refractivity contribution is -0.144. The summed E-state index contributed by atoms with van der Waals surface area (Å²) in [6.45, 7) is 12.6. The Morgan fingerprint density at radius 3 is 2.24 bits per heavy atom. The van der Waals surface area contributed by atoms with Gasteiger partial charge in [0, 0.05) is 6.54 Å². The molecule has 0 saturated carbocycles. The number of carbonyl (C=O) groups is 2. The molecule has 1 amide bonds. The summed E-state index contributed by atoms with van der Waals surface area (Å²) >= 11 is 0. The Morgan fingerprint density at radius 2 is 1.81 bits per heavy atom. The van der Waals surface area contributed by atoms with Gasteiger partial charge < -0.3 is 15.8 Å². The van der Waals surface area contributed by atoms with Crippen LogP contribution in [0.3, 0.4) is 0 Å². The molecule has 0 aliphatic carbocycles. The first-order chi connectivity index (χ1) is 9.57. The van der Waals surface area contributed by atoms with E-state index in [0.717, 1.165) is 6.42 Å². The van der Waals surface area contributed by atoms with Gasteiger partial charge in [-0.25, -0.2) is 0 Å². The fraction of sp³-hybridized carbons (Fsp3) is 0.875. The molecule has 21 heavy (non-hydrogen) atoms. The largest absolute Gasteiger partial charge is 0.466 e. The number of esters is 1. The number of hydrogen-bond donors (Lipinski definition) is 2. The van der Waals surface area contributed by atoms with Crippen LogP contribution >= 0.6 is 0 Å². The second kappa shape index (κ2) is 9.03. The maximum absolute atomic E-state index is 12.0. The van der Waals surface area contributed by atoms with Crippen LogP contribution in [-0.2, 0) is 14.3 Å². The quantitative estimate of drug-likeness (QED) is 0.673. The third-order valence-electron chi connectivity index (χ3n) is 3.35. The number of rotatable bonds is 8. The van der Waals surface area contributed by atoms with Crippen LogP contribution in [0.2, 0.25) is 0 Å². The SMILES string of the molecule is CCOC(=O)CC(CNC(=O)[C@@H](N)C(C)(C)C)CC(C)C. The average molecular weight is 300 g/mol. The van der Waals surface area contributed by atoms with Crippen molar-refractivity contribution < 1.29 is 14.3 Å². The molecule has 0 bridgehead atoms. The van der Waals surface area contributed by atoms with E-state index in [-0.39, 0.29) is 23.2 Å². The molecule has 0 spiro atoms. The molecule has 0 rings (SSSR count). The van der Waals surface area contributed by atoms with E-state index in [4.69, 9.17) is 10.5 Å². The van der Waals surface area contributed by atoms with Crippen molar-refractivity contribution in [1.29, 1.82) is 0 Å². The van der Waals surface area contributed by atoms with Gasteiger partial charge in [0.15, 0.2) is 0 Å². The van der Waals surface area contributed by atoms with Gasteiger partial charge in [-0.15, -0.1) is 0 Å². The number of carbonyl (C=O) groups excluding carboxylic acids is 2. The first-order valence-corrected chi connectivity index (χ1v) is 7.76. The summed E-state index contributed by atoms with van der Waals surface area (Å²) in [4.78, 5) is 23.7. The summed E-state index contributed by atoms with van der Waals surface area (Å²) in [5.74, 6) is 0.162. The molecule has 0 aliphatic heterocycles. The predicted molar refractivity (Wildman–Crippen MR) is 84.6 cm³/mol. The Kier molecular flexibility index (Phi) is 8.55. The Hall–Kier alpha value is -1.10. The van der Waals surface area contributed by atoms with Crippen molar-refractivity contribution in [3.63, 3.8) is 0 Å². The van der Waals surface area contributed by atoms with Gasteiger partial charge in [0.2, 0.25) is 5.91 Å². The van der Waals surface area contributed by atoms with E-state index in [1.54, 1.807) is 6.92 Å². The van der Waals surface area contributed by atoms with Crippen molar-refractivity contribution in [3.05, 3.63) is 0 Å². The number of amides is 1. The third-order valence-corrected chi connectivity index (χ3v) is 3.35. The number of nitrogens with two attached hydrogens (primary N) is 1. The molecule has 1 unspecified atom stereocenters. The molecule has 0 aromatic carbocycles. The minimum absolute atomic E-state index is 0.0835. The van der Waals surface area contributed by atoms with Gasteiger partial charge in [-0.1, -0.05) is 34.6 Å². The van der Waals surface area contributed by atoms with E-state index in [9.17, 15) is 9.59 Å². The maximum atomic E-state index is 12.0. The zero-order chi connectivity index (χ0) is 16.6. The number of nitrogens with one attached hydrogen (secondary N) is 1. The van der Waals surface area contributed by atoms with E-state index in [1.807, 2.05) is 20.8 Å². The highest BCUT2D eigenvalue weighted by Crippen LogP contribution is 2.18. The molecule has 0 aromatic rings. The second-order valence-corrected chi connectivity index (χ2v) is 7.09. The lowest BCUT2D eigenvalue weighted by Crippen LogP contribution is -2.49. The minimum Gasteiger partial charge on any atom is -0.466 e. The Bertz CT molecular complexity index is 335. The normalized spacial score (nSPS) is 14.7. The zero-order valence-electron chi connectivity index (χ0n) is 14.4. The van der Waals surface area contributed by atoms with Crippen LogP contribution in [0.1, 0.15) is 54.4 Å². The Labute approximate surface area is 129 Å². The standard InChI is InChI=1S/C16H32N2O3/c1-7-21-13(19)9-12(8-11(2)3)10-18-15(20)14(17)16(4,5)6/h11-12,14H,7-10,17H2,1-6H3,(H,18,20)/t12?,14-/m1/s1. The van der Waals surface area contributed by atoms with Crippen LogP contribution in [0.5, 0.6) is 0 Å². The lowest BCUT2D eigenvalue weighted by atomic mass is 9.86. The molecule has 0 heterocycles. The predicted octanol–water partition coefficient (Wildman–Crippen LogP) is 2.09. The minimum atomic E-state index is -0.556. The van der Waals surface area contributed by atoms with E-state index < -0.39 is 6.04 Å². The van der Waals surface area contributed by atoms with Crippen molar-refractivity contribution in [3.8, 4) is 0 Å². The monoisotopic (exact) mass is 300 g/mol. The summed E-state index contributed by atoms with van der Waals surface area (Å²) < 4.78 is 4.99. The van der Waals surface area contributed by atoms with Crippen molar-refractivity contribution >= 4 is 11.9 Å². The van der Waals surface area contributed by atoms with Crippen LogP contribution in [-0.4, -0.2) is 31.1 Å². The first kappa shape index (κ1) is 19.9. The molecule has 3 N–H and O–H groups in total. The highest BCUT2D eigenvalue weighted by atomic mass is 16.5. The highest BCUT2D eigenvalue weighted by molar-refractivity contribution is 5.82. The maximum Gasteiger partial charge on any atom is 0.306 e. The highest BCUT2D eigenvalue weighted by Gasteiger charge is 2.28. The van der Waals surface area contributed by atoms with E-state index >= 15 is 0 Å². The van der Waals surface area contributed by atoms with E-state index in [2.05, 4.69) is 19.2 Å². The number of hydrogen-bond acceptors (Lipinski definition) is 4. The molecule has 0 radical (unpaired) electrons. The molecule has 0 aliphatic rings. The van der Waals surface area contributed by atoms with Crippen molar-refractivity contribution in [2.24, 2.45) is 23.0 Å². The smallest absolute Gasteiger partial charge is 0.306 e. The van der Waals surface area contributed by atoms with Gasteiger partial charge in [0.25, 0.3) is 0 Å². The van der Waals surface area contributed by atoms with Gasteiger partial charge in [-0.2, -0.15) is 0 Å². The van der Waals surface area contributed by atoms with Crippen LogP contribution in [0.15, 0.2) is 0 Å². The Morgan fingerprint density at radius 1 is 1.24 bits per heavy atom. The molecular formula is C16H32N2O3. The molecule has 5 nitrogen and oxygen atoms in total. The average Bonchev–Trinajstić information content (AvgIpc) is 2.33. The molecule has 124 valence electrons. The zero-order valence-corrected chi connectivity index (χ0v) is 14.4. The van der Waals surface area contributed by atoms with Crippen molar-refractivity contribution in [2.45, 2.75) is 60.4 Å². The van der Waals surface area contributed by atoms with Crippen LogP contribution in [0, 0.1) is 17.3 Å². The van der Waals surface area contributed by atoms with Crippen molar-refractivity contribution in [2.75, 3.05) is 13.2 Å². The molecule has 0 saturated heterocycles. The lowest BCUT2D eigenvalue weighted by Gasteiger charge is -2.27. The summed E-state index contributed by atoms with van der Waals surface area (Å²) in [6.07, 6.45) is 1.20. The van der Waals surface area contributed by atoms with E-state index in [0.29, 0.717) is 25.5 Å². The molecule has 5 heteroatoms. The second-order valence-electron chi connectivity index (χ2n) is 7.09. The first-order valence-electron chi connectivity index (χ1n) is 7.76. The number of ether oxygens (including phenoxy) is 1. The Balaban J connectivity index is 4.47. The fourth-order valence-corrected chi connectivity index (χ4v) is 2.11. The summed E-state index contributed by atoms with van der Waals surface area (Å²) in [6, 6.07) is -0.556. The molecule has 2 atom stereocenters. The van der Waals surface area contributed by atoms with Gasteiger partial charge in [-0.3, -0.25) is 9.59 Å². The van der Waals surface area contributed by atoms with Gasteiger partial charge in [-0.05, 0) is 30.6 Å². The topological polar surface area (TPSA) is 81.4 Å². The van der Waals surface area contributed by atoms with Crippen LogP contribution in [0.25, 0.3) is 0 Å². The van der Waals surface area contributed by atoms with E-state index in [1.165, 1.54) is 0 Å². The van der Waals surface area contributed by atoms with Crippen LogP contribution in [0.4, 0.5) is 0 Å². The summed E-state index contributed by atoms with van der Waals surface area (Å²) in [5, 5.41) is 2.87. The molecular weight excluding hydrogens is 268 g/mol. The third kappa shape index (κ3) is 8.71. The summed E-state index contributed by atoms with van der Waals surface area (Å²) in [7, 11) is 0. The van der Waals surface area contributed by atoms with Gasteiger partial charge in [0.1, 0.15) is 0 Å².